The van der Waals surface area contributed by atoms with Crippen molar-refractivity contribution in [1.82, 2.24) is 9.80 Å². The average molecular weight is 414 g/mol. The van der Waals surface area contributed by atoms with Gasteiger partial charge in [-0.15, -0.1) is 0 Å². The highest BCUT2D eigenvalue weighted by atomic mass is 19.4. The zero-order valence-corrected chi connectivity index (χ0v) is 17.9. The van der Waals surface area contributed by atoms with Crippen molar-refractivity contribution in [2.45, 2.75) is 71.8 Å². The minimum atomic E-state index is -4.62. The van der Waals surface area contributed by atoms with Gasteiger partial charge >= 0.3 is 6.18 Å². The molecule has 29 heavy (non-hydrogen) atoms. The number of rotatable bonds is 5. The molecular weight excluding hydrogens is 382 g/mol. The zero-order chi connectivity index (χ0) is 22.0. The molecule has 0 atom stereocenters. The van der Waals surface area contributed by atoms with Crippen LogP contribution in [0.15, 0.2) is 18.2 Å². The van der Waals surface area contributed by atoms with E-state index in [4.69, 9.17) is 0 Å². The van der Waals surface area contributed by atoms with E-state index < -0.39 is 23.0 Å². The number of hydrogen-bond acceptors (Lipinski definition) is 3. The van der Waals surface area contributed by atoms with Gasteiger partial charge in [0.1, 0.15) is 5.82 Å². The third kappa shape index (κ3) is 6.42. The Morgan fingerprint density at radius 1 is 1.10 bits per heavy atom. The summed E-state index contributed by atoms with van der Waals surface area (Å²) in [5, 5.41) is 9.46. The molecule has 0 amide bonds. The molecule has 1 aliphatic heterocycles. The number of piperidine rings is 1. The van der Waals surface area contributed by atoms with Gasteiger partial charge in [0.2, 0.25) is 0 Å². The second-order valence-corrected chi connectivity index (χ2v) is 9.59. The maximum atomic E-state index is 13.5. The van der Waals surface area contributed by atoms with Gasteiger partial charge in [0.25, 0.3) is 0 Å². The molecule has 1 heterocycles. The van der Waals surface area contributed by atoms with Crippen LogP contribution in [-0.2, 0) is 12.7 Å². The van der Waals surface area contributed by atoms with Gasteiger partial charge in [-0.05, 0) is 65.2 Å². The van der Waals surface area contributed by atoms with E-state index >= 15 is 0 Å². The predicted molar refractivity (Wildman–Crippen MR) is 106 cm³/mol. The van der Waals surface area contributed by atoms with Crippen molar-refractivity contribution in [2.75, 3.05) is 19.6 Å². The summed E-state index contributed by atoms with van der Waals surface area (Å²) in [5.74, 6) is -0.900. The molecule has 1 aliphatic rings. The van der Waals surface area contributed by atoms with Crippen molar-refractivity contribution in [1.29, 1.82) is 5.26 Å². The number of benzene rings is 1. The number of alkyl halides is 3. The highest BCUT2D eigenvalue weighted by Crippen LogP contribution is 2.35. The predicted octanol–water partition coefficient (Wildman–Crippen LogP) is 5.46. The summed E-state index contributed by atoms with van der Waals surface area (Å²) in [4.78, 5) is 4.35. The van der Waals surface area contributed by atoms with Crippen LogP contribution >= 0.6 is 0 Å². The van der Waals surface area contributed by atoms with Gasteiger partial charge in [-0.3, -0.25) is 9.80 Å². The molecule has 0 radical (unpaired) electrons. The molecule has 0 saturated carbocycles. The first-order valence-electron chi connectivity index (χ1n) is 9.99. The minimum absolute atomic E-state index is 0.0421. The van der Waals surface area contributed by atoms with Crippen molar-refractivity contribution in [3.05, 3.63) is 35.1 Å². The molecular formula is C22H31F4N3. The van der Waals surface area contributed by atoms with Crippen molar-refractivity contribution < 1.29 is 17.6 Å². The van der Waals surface area contributed by atoms with E-state index in [1.54, 1.807) is 13.8 Å². The van der Waals surface area contributed by atoms with Crippen LogP contribution in [0.2, 0.25) is 0 Å². The largest absolute Gasteiger partial charge is 0.416 e. The lowest BCUT2D eigenvalue weighted by Crippen LogP contribution is -2.52. The Hall–Kier alpha value is -1.65. The molecule has 0 aliphatic carbocycles. The average Bonchev–Trinajstić information content (AvgIpc) is 2.61. The van der Waals surface area contributed by atoms with Crippen LogP contribution in [0.25, 0.3) is 0 Å². The van der Waals surface area contributed by atoms with E-state index in [9.17, 15) is 22.8 Å². The van der Waals surface area contributed by atoms with Crippen molar-refractivity contribution >= 4 is 0 Å². The van der Waals surface area contributed by atoms with Crippen LogP contribution in [0.3, 0.4) is 0 Å². The van der Waals surface area contributed by atoms with Crippen LogP contribution in [0.4, 0.5) is 17.6 Å². The first-order valence-corrected chi connectivity index (χ1v) is 9.99. The summed E-state index contributed by atoms with van der Waals surface area (Å²) in [5.41, 5.74) is -1.54. The number of halogens is 4. The normalized spacial score (nSPS) is 17.6. The van der Waals surface area contributed by atoms with E-state index in [2.05, 4.69) is 31.7 Å². The summed E-state index contributed by atoms with van der Waals surface area (Å²) in [6.07, 6.45) is -2.98. The number of nitriles is 1. The van der Waals surface area contributed by atoms with Crippen molar-refractivity contribution in [3.8, 4) is 6.07 Å². The molecule has 1 aromatic carbocycles. The smallest absolute Gasteiger partial charge is 0.298 e. The summed E-state index contributed by atoms with van der Waals surface area (Å²) < 4.78 is 53.9. The standard InChI is InChI=1S/C22H31F4N3/c1-20(2,3)29-10-8-18(9-11-29)28(15-21(4,5)14-27)13-16-6-7-17(23)12-19(16)22(24,25)26/h6-7,12,18H,8-11,13,15H2,1-5H3. The molecule has 1 fully saturated rings. The molecule has 0 unspecified atom stereocenters. The fourth-order valence-corrected chi connectivity index (χ4v) is 3.93. The molecule has 0 N–H and O–H groups in total. The molecule has 7 heteroatoms. The summed E-state index contributed by atoms with van der Waals surface area (Å²) in [7, 11) is 0. The molecule has 0 spiro atoms. The van der Waals surface area contributed by atoms with Gasteiger partial charge in [0.15, 0.2) is 0 Å². The van der Waals surface area contributed by atoms with E-state index in [1.165, 1.54) is 6.07 Å². The third-order valence-electron chi connectivity index (χ3n) is 5.58. The van der Waals surface area contributed by atoms with Gasteiger partial charge < -0.3 is 0 Å². The maximum Gasteiger partial charge on any atom is 0.416 e. The lowest BCUT2D eigenvalue weighted by molar-refractivity contribution is -0.138. The summed E-state index contributed by atoms with van der Waals surface area (Å²) in [6.45, 7) is 12.1. The van der Waals surface area contributed by atoms with Gasteiger partial charge in [-0.1, -0.05) is 6.07 Å². The zero-order valence-electron chi connectivity index (χ0n) is 17.9. The fraction of sp³-hybridized carbons (Fsp3) is 0.682. The monoisotopic (exact) mass is 413 g/mol. The topological polar surface area (TPSA) is 30.3 Å². The number of hydrogen-bond donors (Lipinski definition) is 0. The molecule has 1 aromatic rings. The lowest BCUT2D eigenvalue weighted by Gasteiger charge is -2.45. The minimum Gasteiger partial charge on any atom is -0.298 e. The Morgan fingerprint density at radius 2 is 1.69 bits per heavy atom. The van der Waals surface area contributed by atoms with Gasteiger partial charge in [-0.2, -0.15) is 18.4 Å². The van der Waals surface area contributed by atoms with Crippen molar-refractivity contribution in [2.24, 2.45) is 5.41 Å². The number of likely N-dealkylation sites (tertiary alicyclic amines) is 1. The molecule has 162 valence electrons. The van der Waals surface area contributed by atoms with Crippen LogP contribution in [-0.4, -0.2) is 41.0 Å². The van der Waals surface area contributed by atoms with Crippen LogP contribution in [0.1, 0.15) is 58.6 Å². The second-order valence-electron chi connectivity index (χ2n) is 9.59. The lowest BCUT2D eigenvalue weighted by atomic mass is 9.91. The molecule has 1 saturated heterocycles. The van der Waals surface area contributed by atoms with Gasteiger partial charge in [0, 0.05) is 37.8 Å². The van der Waals surface area contributed by atoms with Gasteiger partial charge in [-0.25, -0.2) is 4.39 Å². The highest BCUT2D eigenvalue weighted by molar-refractivity contribution is 5.30. The van der Waals surface area contributed by atoms with E-state index in [0.717, 1.165) is 32.0 Å². The molecule has 0 bridgehead atoms. The Balaban J connectivity index is 2.28. The SMILES string of the molecule is CC(C)(C#N)CN(Cc1ccc(F)cc1C(F)(F)F)C1CCN(C(C)(C)C)CC1. The van der Waals surface area contributed by atoms with E-state index in [1.807, 2.05) is 4.90 Å². The Morgan fingerprint density at radius 3 is 2.17 bits per heavy atom. The highest BCUT2D eigenvalue weighted by Gasteiger charge is 2.36. The van der Waals surface area contributed by atoms with Gasteiger partial charge in [0.05, 0.1) is 17.0 Å². The van der Waals surface area contributed by atoms with E-state index in [0.29, 0.717) is 12.6 Å². The van der Waals surface area contributed by atoms with Crippen LogP contribution in [0, 0.1) is 22.6 Å². The first-order chi connectivity index (χ1) is 13.2. The van der Waals surface area contributed by atoms with Crippen LogP contribution in [0.5, 0.6) is 0 Å². The summed E-state index contributed by atoms with van der Waals surface area (Å²) in [6, 6.07) is 5.17. The number of nitrogens with zero attached hydrogens (tertiary/aromatic N) is 3. The maximum absolute atomic E-state index is 13.5. The molecule has 3 nitrogen and oxygen atoms in total. The second kappa shape index (κ2) is 8.61. The first kappa shape index (κ1) is 23.6. The molecule has 0 aromatic heterocycles. The quantitative estimate of drug-likeness (QED) is 0.601. The fourth-order valence-electron chi connectivity index (χ4n) is 3.93. The van der Waals surface area contributed by atoms with Crippen molar-refractivity contribution in [3.63, 3.8) is 0 Å². The summed E-state index contributed by atoms with van der Waals surface area (Å²) >= 11 is 0. The Kier molecular flexibility index (Phi) is 7.01. The third-order valence-corrected chi connectivity index (χ3v) is 5.58. The van der Waals surface area contributed by atoms with Crippen LogP contribution < -0.4 is 0 Å². The molecule has 2 rings (SSSR count). The Bertz CT molecular complexity index is 736. The Labute approximate surface area is 171 Å². The van der Waals surface area contributed by atoms with E-state index in [-0.39, 0.29) is 23.7 Å².